The fourth-order valence-electron chi connectivity index (χ4n) is 4.07. The first-order valence-electron chi connectivity index (χ1n) is 9.00. The van der Waals surface area contributed by atoms with E-state index in [0.717, 1.165) is 29.1 Å². The number of nitrogen functional groups attached to an aromatic ring is 1. The summed E-state index contributed by atoms with van der Waals surface area (Å²) < 4.78 is 0. The fraction of sp³-hybridized carbons (Fsp3) is 0.190. The number of hydrogen-bond acceptors (Lipinski definition) is 5. The maximum Gasteiger partial charge on any atom is 0.158 e. The highest BCUT2D eigenvalue weighted by atomic mass is 35.5. The molecule has 1 aromatic heterocycles. The smallest absolute Gasteiger partial charge is 0.158 e. The van der Waals surface area contributed by atoms with E-state index < -0.39 is 0 Å². The second-order valence-electron chi connectivity index (χ2n) is 6.93. The van der Waals surface area contributed by atoms with E-state index in [1.807, 2.05) is 12.1 Å². The van der Waals surface area contributed by atoms with E-state index in [-0.39, 0.29) is 12.0 Å². The van der Waals surface area contributed by atoms with Crippen LogP contribution in [0.2, 0.25) is 5.02 Å². The minimum atomic E-state index is 0.0323. The van der Waals surface area contributed by atoms with Gasteiger partial charge in [-0.15, -0.1) is 0 Å². The van der Waals surface area contributed by atoms with Crippen molar-refractivity contribution < 1.29 is 0 Å². The monoisotopic (exact) mass is 375 g/mol. The Hall–Kier alpha value is -2.92. The molecule has 3 N–H and O–H groups in total. The number of halogens is 1. The molecule has 0 saturated heterocycles. The van der Waals surface area contributed by atoms with Crippen LogP contribution < -0.4 is 11.1 Å². The molecule has 1 aliphatic heterocycles. The second-order valence-corrected chi connectivity index (χ2v) is 7.37. The van der Waals surface area contributed by atoms with Gasteiger partial charge in [-0.3, -0.25) is 0 Å². The summed E-state index contributed by atoms with van der Waals surface area (Å²) in [5, 5.41) is 4.30. The minimum Gasteiger partial charge on any atom is -0.382 e. The molecular formula is C21H18ClN5. The number of rotatable bonds is 1. The summed E-state index contributed by atoms with van der Waals surface area (Å²) in [5.41, 5.74) is 11.5. The van der Waals surface area contributed by atoms with Crippen LogP contribution in [0.4, 0.5) is 17.3 Å². The third-order valence-electron chi connectivity index (χ3n) is 5.38. The quantitative estimate of drug-likeness (QED) is 0.653. The standard InChI is InChI=1S/C21H18ClN5/c22-14-8-5-13(6-9-14)17-16-10-7-12-3-1-2-4-15(12)18(16)26-19-20(23)24-11-25-21(19)27-17/h1-6,8-9,11,16-17H,7,10H2,(H3,23,24,25,27). The zero-order chi connectivity index (χ0) is 18.4. The van der Waals surface area contributed by atoms with Crippen molar-refractivity contribution in [2.24, 2.45) is 10.9 Å². The Labute approximate surface area is 162 Å². The molecule has 0 spiro atoms. The molecule has 27 heavy (non-hydrogen) atoms. The van der Waals surface area contributed by atoms with E-state index >= 15 is 0 Å². The van der Waals surface area contributed by atoms with Crippen LogP contribution in [0.1, 0.15) is 29.2 Å². The zero-order valence-corrected chi connectivity index (χ0v) is 15.3. The van der Waals surface area contributed by atoms with Crippen molar-refractivity contribution in [1.29, 1.82) is 0 Å². The molecule has 5 rings (SSSR count). The fourth-order valence-corrected chi connectivity index (χ4v) is 4.19. The Morgan fingerprint density at radius 1 is 1.04 bits per heavy atom. The van der Waals surface area contributed by atoms with E-state index in [2.05, 4.69) is 51.7 Å². The number of anilines is 2. The lowest BCUT2D eigenvalue weighted by Crippen LogP contribution is -2.31. The van der Waals surface area contributed by atoms with E-state index in [1.54, 1.807) is 0 Å². The van der Waals surface area contributed by atoms with Gasteiger partial charge in [0.25, 0.3) is 0 Å². The highest BCUT2D eigenvalue weighted by molar-refractivity contribution is 6.30. The van der Waals surface area contributed by atoms with Crippen molar-refractivity contribution in [3.8, 4) is 0 Å². The third-order valence-corrected chi connectivity index (χ3v) is 5.63. The topological polar surface area (TPSA) is 76.2 Å². The van der Waals surface area contributed by atoms with Crippen molar-refractivity contribution in [3.05, 3.63) is 76.6 Å². The van der Waals surface area contributed by atoms with Gasteiger partial charge >= 0.3 is 0 Å². The molecule has 0 amide bonds. The first kappa shape index (κ1) is 16.3. The number of benzene rings is 2. The molecule has 3 aromatic rings. The number of aliphatic imine (C=N–C) groups is 1. The number of aryl methyl sites for hydroxylation is 1. The molecule has 2 atom stereocenters. The molecule has 1 aliphatic carbocycles. The average molecular weight is 376 g/mol. The summed E-state index contributed by atoms with van der Waals surface area (Å²) in [6.45, 7) is 0. The largest absolute Gasteiger partial charge is 0.382 e. The molecule has 0 bridgehead atoms. The van der Waals surface area contributed by atoms with Crippen LogP contribution >= 0.6 is 11.6 Å². The second kappa shape index (κ2) is 6.35. The number of nitrogens with two attached hydrogens (primary N) is 1. The summed E-state index contributed by atoms with van der Waals surface area (Å²) in [6, 6.07) is 16.5. The summed E-state index contributed by atoms with van der Waals surface area (Å²) in [7, 11) is 0. The molecule has 2 aliphatic rings. The van der Waals surface area contributed by atoms with E-state index in [1.165, 1.54) is 17.5 Å². The van der Waals surface area contributed by atoms with Crippen LogP contribution in [0, 0.1) is 5.92 Å². The highest BCUT2D eigenvalue weighted by Gasteiger charge is 2.36. The predicted molar refractivity (Wildman–Crippen MR) is 109 cm³/mol. The lowest BCUT2D eigenvalue weighted by atomic mass is 9.76. The van der Waals surface area contributed by atoms with Crippen LogP contribution in [-0.2, 0) is 6.42 Å². The highest BCUT2D eigenvalue weighted by Crippen LogP contribution is 2.43. The Morgan fingerprint density at radius 2 is 1.85 bits per heavy atom. The number of hydrogen-bond donors (Lipinski definition) is 2. The molecule has 2 heterocycles. The molecule has 5 nitrogen and oxygen atoms in total. The Bertz CT molecular complexity index is 1040. The van der Waals surface area contributed by atoms with E-state index in [9.17, 15) is 0 Å². The molecule has 2 unspecified atom stereocenters. The summed E-state index contributed by atoms with van der Waals surface area (Å²) in [6.07, 6.45) is 3.49. The van der Waals surface area contributed by atoms with E-state index in [4.69, 9.17) is 22.3 Å². The molecular weight excluding hydrogens is 358 g/mol. The SMILES string of the molecule is Nc1ncnc2c1N=C1c3ccccc3CCC1C(c1ccc(Cl)cc1)N2. The van der Waals surface area contributed by atoms with Gasteiger partial charge in [0.2, 0.25) is 0 Å². The lowest BCUT2D eigenvalue weighted by Gasteiger charge is -2.32. The van der Waals surface area contributed by atoms with Gasteiger partial charge in [-0.2, -0.15) is 0 Å². The van der Waals surface area contributed by atoms with Crippen molar-refractivity contribution in [3.63, 3.8) is 0 Å². The zero-order valence-electron chi connectivity index (χ0n) is 14.6. The summed E-state index contributed by atoms with van der Waals surface area (Å²) in [5.74, 6) is 1.26. The van der Waals surface area contributed by atoms with Crippen molar-refractivity contribution in [2.75, 3.05) is 11.1 Å². The summed E-state index contributed by atoms with van der Waals surface area (Å²) in [4.78, 5) is 13.5. The van der Waals surface area contributed by atoms with E-state index in [0.29, 0.717) is 17.3 Å². The predicted octanol–water partition coefficient (Wildman–Crippen LogP) is 4.56. The van der Waals surface area contributed by atoms with Crippen molar-refractivity contribution >= 4 is 34.6 Å². The van der Waals surface area contributed by atoms with Gasteiger partial charge in [-0.1, -0.05) is 48.0 Å². The van der Waals surface area contributed by atoms with Crippen LogP contribution in [0.15, 0.2) is 59.9 Å². The normalized spacial score (nSPS) is 20.4. The number of aromatic nitrogens is 2. The number of fused-ring (bicyclic) bond motifs is 4. The third kappa shape index (κ3) is 2.75. The van der Waals surface area contributed by atoms with Crippen LogP contribution in [0.3, 0.4) is 0 Å². The molecule has 134 valence electrons. The van der Waals surface area contributed by atoms with Crippen LogP contribution in [0.25, 0.3) is 0 Å². The molecule has 6 heteroatoms. The van der Waals surface area contributed by atoms with Crippen molar-refractivity contribution in [2.45, 2.75) is 18.9 Å². The maximum absolute atomic E-state index is 6.14. The molecule has 0 fully saturated rings. The molecule has 0 radical (unpaired) electrons. The van der Waals surface area contributed by atoms with Crippen LogP contribution in [0.5, 0.6) is 0 Å². The Balaban J connectivity index is 1.72. The van der Waals surface area contributed by atoms with Gasteiger partial charge in [-0.05, 0) is 41.7 Å². The van der Waals surface area contributed by atoms with Gasteiger partial charge in [0.1, 0.15) is 12.0 Å². The van der Waals surface area contributed by atoms with Crippen LogP contribution in [-0.4, -0.2) is 15.7 Å². The van der Waals surface area contributed by atoms with Crippen molar-refractivity contribution in [1.82, 2.24) is 9.97 Å². The average Bonchev–Trinajstić information content (AvgIpc) is 2.87. The first-order chi connectivity index (χ1) is 13.2. The number of nitrogens with zero attached hydrogens (tertiary/aromatic N) is 3. The van der Waals surface area contributed by atoms with Gasteiger partial charge in [0.05, 0.1) is 11.8 Å². The Kier molecular flexibility index (Phi) is 3.83. The number of nitrogens with one attached hydrogen (secondary N) is 1. The van der Waals surface area contributed by atoms with Gasteiger partial charge < -0.3 is 11.1 Å². The first-order valence-corrected chi connectivity index (χ1v) is 9.38. The van der Waals surface area contributed by atoms with Gasteiger partial charge in [-0.25, -0.2) is 15.0 Å². The maximum atomic E-state index is 6.14. The minimum absolute atomic E-state index is 0.0323. The molecule has 2 aromatic carbocycles. The van der Waals surface area contributed by atoms with Gasteiger partial charge in [0, 0.05) is 10.9 Å². The molecule has 0 saturated carbocycles. The summed E-state index contributed by atoms with van der Waals surface area (Å²) >= 11 is 6.11. The lowest BCUT2D eigenvalue weighted by molar-refractivity contribution is 0.533. The Morgan fingerprint density at radius 3 is 2.70 bits per heavy atom. The van der Waals surface area contributed by atoms with Gasteiger partial charge in [0.15, 0.2) is 11.6 Å².